The van der Waals surface area contributed by atoms with Gasteiger partial charge in [-0.25, -0.2) is 13.2 Å². The van der Waals surface area contributed by atoms with E-state index in [1.165, 1.54) is 0 Å². The van der Waals surface area contributed by atoms with Gasteiger partial charge in [-0.05, 0) is 23.8 Å². The van der Waals surface area contributed by atoms with E-state index in [-0.39, 0.29) is 11.1 Å². The summed E-state index contributed by atoms with van der Waals surface area (Å²) in [7, 11) is 0. The maximum Gasteiger partial charge on any atom is 0.419 e. The third kappa shape index (κ3) is 2.56. The van der Waals surface area contributed by atoms with Crippen molar-refractivity contribution in [3.63, 3.8) is 0 Å². The minimum Gasteiger partial charge on any atom is -0.396 e. The Labute approximate surface area is 109 Å². The molecule has 0 aliphatic rings. The summed E-state index contributed by atoms with van der Waals surface area (Å²) < 4.78 is 77.4. The molecule has 1 nitrogen and oxygen atoms in total. The van der Waals surface area contributed by atoms with Gasteiger partial charge in [-0.15, -0.1) is 0 Å². The van der Waals surface area contributed by atoms with Crippen LogP contribution in [0.25, 0.3) is 11.1 Å². The lowest BCUT2D eigenvalue weighted by Crippen LogP contribution is -2.08. The van der Waals surface area contributed by atoms with Crippen LogP contribution in [0.15, 0.2) is 30.3 Å². The van der Waals surface area contributed by atoms with E-state index in [1.807, 2.05) is 0 Å². The predicted octanol–water partition coefficient (Wildman–Crippen LogP) is 4.37. The number of nitrogens with two attached hydrogens (primary N) is 1. The van der Waals surface area contributed by atoms with Crippen molar-refractivity contribution in [1.82, 2.24) is 0 Å². The number of anilines is 1. The Balaban J connectivity index is 2.55. The first-order chi connectivity index (χ1) is 9.20. The van der Waals surface area contributed by atoms with Gasteiger partial charge >= 0.3 is 6.18 Å². The summed E-state index contributed by atoms with van der Waals surface area (Å²) in [6.45, 7) is 0. The van der Waals surface area contributed by atoms with Gasteiger partial charge in [0.1, 0.15) is 17.5 Å². The molecule has 2 rings (SSSR count). The van der Waals surface area contributed by atoms with Crippen molar-refractivity contribution in [2.45, 2.75) is 6.18 Å². The minimum absolute atomic E-state index is 0.216. The van der Waals surface area contributed by atoms with Crippen LogP contribution >= 0.6 is 0 Å². The standard InChI is InChI=1S/C13H7F6N/c14-9-5-12(20)11(16)4-7(9)6-1-2-8(10(15)3-6)13(17,18)19/h1-5H,20H2. The van der Waals surface area contributed by atoms with E-state index in [4.69, 9.17) is 5.73 Å². The highest BCUT2D eigenvalue weighted by atomic mass is 19.4. The van der Waals surface area contributed by atoms with Crippen molar-refractivity contribution in [2.75, 3.05) is 5.73 Å². The molecule has 106 valence electrons. The first-order valence-corrected chi connectivity index (χ1v) is 5.32. The molecule has 0 saturated heterocycles. The zero-order chi connectivity index (χ0) is 15.1. The van der Waals surface area contributed by atoms with Gasteiger partial charge < -0.3 is 5.73 Å². The maximum atomic E-state index is 13.6. The van der Waals surface area contributed by atoms with Crippen molar-refractivity contribution < 1.29 is 26.3 Å². The molecule has 20 heavy (non-hydrogen) atoms. The molecule has 0 radical (unpaired) electrons. The number of hydrogen-bond donors (Lipinski definition) is 1. The molecule has 0 aromatic heterocycles. The molecular formula is C13H7F6N. The van der Waals surface area contributed by atoms with Gasteiger partial charge in [-0.3, -0.25) is 0 Å². The molecule has 2 N–H and O–H groups in total. The largest absolute Gasteiger partial charge is 0.419 e. The lowest BCUT2D eigenvalue weighted by atomic mass is 10.0. The van der Waals surface area contributed by atoms with Gasteiger partial charge in [0.2, 0.25) is 0 Å². The number of benzene rings is 2. The lowest BCUT2D eigenvalue weighted by molar-refractivity contribution is -0.139. The summed E-state index contributed by atoms with van der Waals surface area (Å²) in [6, 6.07) is 3.21. The van der Waals surface area contributed by atoms with Gasteiger partial charge in [0.05, 0.1) is 11.3 Å². The second-order valence-electron chi connectivity index (χ2n) is 4.05. The van der Waals surface area contributed by atoms with Crippen LogP contribution in [0.5, 0.6) is 0 Å². The Kier molecular flexibility index (Phi) is 3.37. The molecule has 0 heterocycles. The second kappa shape index (κ2) is 4.73. The number of alkyl halides is 3. The molecule has 0 spiro atoms. The van der Waals surface area contributed by atoms with Crippen molar-refractivity contribution >= 4 is 5.69 Å². The Morgan fingerprint density at radius 2 is 1.45 bits per heavy atom. The SMILES string of the molecule is Nc1cc(F)c(-c2ccc(C(F)(F)F)c(F)c2)cc1F. The molecule has 0 amide bonds. The molecule has 0 saturated carbocycles. The van der Waals surface area contributed by atoms with Crippen LogP contribution in [0.1, 0.15) is 5.56 Å². The van der Waals surface area contributed by atoms with Gasteiger partial charge in [-0.1, -0.05) is 6.07 Å². The van der Waals surface area contributed by atoms with Crippen LogP contribution in [0, 0.1) is 17.5 Å². The van der Waals surface area contributed by atoms with Crippen molar-refractivity contribution in [3.05, 3.63) is 53.3 Å². The second-order valence-corrected chi connectivity index (χ2v) is 4.05. The summed E-state index contributed by atoms with van der Waals surface area (Å²) >= 11 is 0. The monoisotopic (exact) mass is 291 g/mol. The molecular weight excluding hydrogens is 284 g/mol. The molecule has 0 bridgehead atoms. The number of halogens is 6. The van der Waals surface area contributed by atoms with Crippen LogP contribution in [-0.4, -0.2) is 0 Å². The quantitative estimate of drug-likeness (QED) is 0.612. The molecule has 2 aromatic carbocycles. The van der Waals surface area contributed by atoms with E-state index in [0.717, 1.165) is 6.07 Å². The number of hydrogen-bond acceptors (Lipinski definition) is 1. The summed E-state index contributed by atoms with van der Waals surface area (Å²) in [5, 5.41) is 0. The summed E-state index contributed by atoms with van der Waals surface area (Å²) in [4.78, 5) is 0. The normalized spacial score (nSPS) is 11.7. The molecule has 0 aliphatic carbocycles. The van der Waals surface area contributed by atoms with Crippen molar-refractivity contribution in [3.8, 4) is 11.1 Å². The fourth-order valence-electron chi connectivity index (χ4n) is 1.70. The topological polar surface area (TPSA) is 26.0 Å². The Bertz CT molecular complexity index is 663. The zero-order valence-electron chi connectivity index (χ0n) is 9.73. The van der Waals surface area contributed by atoms with E-state index in [1.54, 1.807) is 0 Å². The van der Waals surface area contributed by atoms with Crippen LogP contribution in [0.3, 0.4) is 0 Å². The van der Waals surface area contributed by atoms with Gasteiger partial charge in [0, 0.05) is 11.6 Å². The van der Waals surface area contributed by atoms with E-state index >= 15 is 0 Å². The highest BCUT2D eigenvalue weighted by Gasteiger charge is 2.34. The summed E-state index contributed by atoms with van der Waals surface area (Å²) in [5.74, 6) is -3.46. The Hall–Kier alpha value is -2.18. The highest BCUT2D eigenvalue weighted by Crippen LogP contribution is 2.34. The van der Waals surface area contributed by atoms with E-state index in [2.05, 4.69) is 0 Å². The average Bonchev–Trinajstić information content (AvgIpc) is 2.32. The fraction of sp³-hybridized carbons (Fsp3) is 0.0769. The van der Waals surface area contributed by atoms with Crippen LogP contribution in [-0.2, 0) is 6.18 Å². The summed E-state index contributed by atoms with van der Waals surface area (Å²) in [6.07, 6.45) is -4.85. The van der Waals surface area contributed by atoms with Gasteiger partial charge in [0.15, 0.2) is 0 Å². The van der Waals surface area contributed by atoms with Crippen molar-refractivity contribution in [1.29, 1.82) is 0 Å². The third-order valence-corrected chi connectivity index (χ3v) is 2.67. The average molecular weight is 291 g/mol. The molecule has 0 aliphatic heterocycles. The lowest BCUT2D eigenvalue weighted by Gasteiger charge is -2.10. The number of nitrogen functional groups attached to an aromatic ring is 1. The summed E-state index contributed by atoms with van der Waals surface area (Å²) in [5.41, 5.74) is 2.63. The smallest absolute Gasteiger partial charge is 0.396 e. The van der Waals surface area contributed by atoms with Crippen LogP contribution in [0.4, 0.5) is 32.0 Å². The van der Waals surface area contributed by atoms with Crippen LogP contribution in [0.2, 0.25) is 0 Å². The van der Waals surface area contributed by atoms with Gasteiger partial charge in [0.25, 0.3) is 0 Å². The third-order valence-electron chi connectivity index (χ3n) is 2.67. The first-order valence-electron chi connectivity index (χ1n) is 5.32. The number of rotatable bonds is 1. The van der Waals surface area contributed by atoms with E-state index < -0.39 is 34.9 Å². The maximum absolute atomic E-state index is 13.6. The fourth-order valence-corrected chi connectivity index (χ4v) is 1.70. The molecule has 0 unspecified atom stereocenters. The zero-order valence-corrected chi connectivity index (χ0v) is 9.73. The molecule has 7 heteroatoms. The predicted molar refractivity (Wildman–Crippen MR) is 61.2 cm³/mol. The highest BCUT2D eigenvalue weighted by molar-refractivity contribution is 5.67. The van der Waals surface area contributed by atoms with E-state index in [9.17, 15) is 26.3 Å². The first kappa shape index (κ1) is 14.2. The molecule has 2 aromatic rings. The van der Waals surface area contributed by atoms with Gasteiger partial charge in [-0.2, -0.15) is 13.2 Å². The Morgan fingerprint density at radius 3 is 2.00 bits per heavy atom. The van der Waals surface area contributed by atoms with Crippen LogP contribution < -0.4 is 5.73 Å². The van der Waals surface area contributed by atoms with Crippen molar-refractivity contribution in [2.24, 2.45) is 0 Å². The molecule has 0 fully saturated rings. The molecule has 0 atom stereocenters. The Morgan fingerprint density at radius 1 is 0.800 bits per heavy atom. The van der Waals surface area contributed by atoms with E-state index in [0.29, 0.717) is 24.3 Å². The minimum atomic E-state index is -4.85.